The van der Waals surface area contributed by atoms with E-state index in [0.29, 0.717) is 24.5 Å². The van der Waals surface area contributed by atoms with Crippen LogP contribution in [0.2, 0.25) is 0 Å². The number of benzene rings is 1. The second-order valence-electron chi connectivity index (χ2n) is 3.48. The molecule has 0 radical (unpaired) electrons. The highest BCUT2D eigenvalue weighted by Crippen LogP contribution is 2.28. The number of halogens is 1. The number of rotatable bonds is 2. The van der Waals surface area contributed by atoms with Crippen molar-refractivity contribution in [2.24, 2.45) is 0 Å². The van der Waals surface area contributed by atoms with E-state index in [0.717, 1.165) is 10.0 Å². The smallest absolute Gasteiger partial charge is 0.145 e. The summed E-state index contributed by atoms with van der Waals surface area (Å²) in [4.78, 5) is 0. The van der Waals surface area contributed by atoms with Gasteiger partial charge in [0.2, 0.25) is 0 Å². The maximum atomic E-state index is 9.02. The van der Waals surface area contributed by atoms with Crippen LogP contribution in [0.15, 0.2) is 16.6 Å². The van der Waals surface area contributed by atoms with Gasteiger partial charge in [-0.3, -0.25) is 0 Å². The fourth-order valence-electron chi connectivity index (χ4n) is 1.41. The van der Waals surface area contributed by atoms with Gasteiger partial charge in [-0.05, 0) is 24.6 Å². The number of nitriles is 1. The average Bonchev–Trinajstić information content (AvgIpc) is 2.10. The summed E-state index contributed by atoms with van der Waals surface area (Å²) in [5.74, 6) is 0.637. The molecule has 1 aliphatic rings. The molecule has 1 saturated heterocycles. The summed E-state index contributed by atoms with van der Waals surface area (Å²) in [5, 5.41) is 9.02. The number of nitrogens with zero attached hydrogens (tertiary/aromatic N) is 1. The Hall–Kier alpha value is -1.05. The summed E-state index contributed by atoms with van der Waals surface area (Å²) in [5.41, 5.74) is 1.52. The Labute approximate surface area is 96.7 Å². The zero-order valence-corrected chi connectivity index (χ0v) is 9.87. The first-order valence-corrected chi connectivity index (χ1v) is 5.44. The quantitative estimate of drug-likeness (QED) is 0.827. The Morgan fingerprint density at radius 2 is 2.27 bits per heavy atom. The highest BCUT2D eigenvalue weighted by molar-refractivity contribution is 9.10. The predicted octanol–water partition coefficient (Wildman–Crippen LogP) is 2.41. The Morgan fingerprint density at radius 3 is 2.80 bits per heavy atom. The molecule has 0 atom stereocenters. The highest BCUT2D eigenvalue weighted by atomic mass is 79.9. The maximum Gasteiger partial charge on any atom is 0.145 e. The van der Waals surface area contributed by atoms with E-state index >= 15 is 0 Å². The van der Waals surface area contributed by atoms with Crippen molar-refractivity contribution in [3.8, 4) is 11.8 Å². The van der Waals surface area contributed by atoms with E-state index in [1.54, 1.807) is 0 Å². The van der Waals surface area contributed by atoms with Gasteiger partial charge < -0.3 is 9.47 Å². The molecule has 0 unspecified atom stereocenters. The Kier molecular flexibility index (Phi) is 2.94. The van der Waals surface area contributed by atoms with Crippen LogP contribution < -0.4 is 4.74 Å². The van der Waals surface area contributed by atoms with Crippen LogP contribution in [0.1, 0.15) is 11.1 Å². The third kappa shape index (κ3) is 2.14. The molecule has 1 aliphatic heterocycles. The van der Waals surface area contributed by atoms with Crippen molar-refractivity contribution >= 4 is 15.9 Å². The summed E-state index contributed by atoms with van der Waals surface area (Å²) in [6.07, 6.45) is 0.0887. The molecule has 0 amide bonds. The molecule has 1 aromatic rings. The molecule has 78 valence electrons. The lowest BCUT2D eigenvalue weighted by Gasteiger charge is -2.27. The number of aryl methyl sites for hydroxylation is 1. The first kappa shape index (κ1) is 10.5. The van der Waals surface area contributed by atoms with E-state index in [4.69, 9.17) is 14.7 Å². The van der Waals surface area contributed by atoms with Crippen LogP contribution in [0.3, 0.4) is 0 Å². The van der Waals surface area contributed by atoms with Crippen LogP contribution in [0, 0.1) is 18.3 Å². The number of ether oxygens (including phenoxy) is 2. The van der Waals surface area contributed by atoms with Gasteiger partial charge in [-0.2, -0.15) is 5.26 Å². The molecule has 0 spiro atoms. The van der Waals surface area contributed by atoms with E-state index in [9.17, 15) is 0 Å². The lowest BCUT2D eigenvalue weighted by atomic mass is 10.1. The van der Waals surface area contributed by atoms with Crippen molar-refractivity contribution in [2.75, 3.05) is 13.2 Å². The van der Waals surface area contributed by atoms with Crippen molar-refractivity contribution < 1.29 is 9.47 Å². The molecule has 0 bridgehead atoms. The van der Waals surface area contributed by atoms with E-state index in [2.05, 4.69) is 22.0 Å². The molecular formula is C11H10BrNO2. The minimum Gasteiger partial charge on any atom is -0.484 e. The van der Waals surface area contributed by atoms with Gasteiger partial charge in [0.05, 0.1) is 18.8 Å². The van der Waals surface area contributed by atoms with Gasteiger partial charge in [0, 0.05) is 4.47 Å². The van der Waals surface area contributed by atoms with Crippen LogP contribution in [0.5, 0.6) is 5.75 Å². The third-order valence-electron chi connectivity index (χ3n) is 2.28. The van der Waals surface area contributed by atoms with Crippen LogP contribution in [-0.4, -0.2) is 19.3 Å². The molecule has 4 heteroatoms. The Bertz CT molecular complexity index is 421. The Balaban J connectivity index is 2.31. The molecule has 0 aliphatic carbocycles. The van der Waals surface area contributed by atoms with Crippen molar-refractivity contribution in [3.05, 3.63) is 27.7 Å². The molecule has 1 fully saturated rings. The third-order valence-corrected chi connectivity index (χ3v) is 2.73. The fraction of sp³-hybridized carbons (Fsp3) is 0.364. The van der Waals surface area contributed by atoms with Crippen molar-refractivity contribution in [1.29, 1.82) is 5.26 Å². The molecule has 2 rings (SSSR count). The second kappa shape index (κ2) is 4.21. The van der Waals surface area contributed by atoms with E-state index in [1.165, 1.54) is 0 Å². The summed E-state index contributed by atoms with van der Waals surface area (Å²) >= 11 is 3.39. The average molecular weight is 268 g/mol. The van der Waals surface area contributed by atoms with Gasteiger partial charge in [-0.25, -0.2) is 0 Å². The zero-order chi connectivity index (χ0) is 10.8. The van der Waals surface area contributed by atoms with Gasteiger partial charge in [0.25, 0.3) is 0 Å². The van der Waals surface area contributed by atoms with Crippen molar-refractivity contribution in [3.63, 3.8) is 0 Å². The molecular weight excluding hydrogens is 258 g/mol. The topological polar surface area (TPSA) is 42.2 Å². The van der Waals surface area contributed by atoms with Crippen molar-refractivity contribution in [2.45, 2.75) is 13.0 Å². The van der Waals surface area contributed by atoms with Gasteiger partial charge in [-0.1, -0.05) is 15.9 Å². The van der Waals surface area contributed by atoms with Gasteiger partial charge in [0.1, 0.15) is 17.9 Å². The number of hydrogen-bond donors (Lipinski definition) is 0. The Morgan fingerprint density at radius 1 is 1.53 bits per heavy atom. The van der Waals surface area contributed by atoms with Crippen LogP contribution in [-0.2, 0) is 4.74 Å². The molecule has 1 heterocycles. The summed E-state index contributed by atoms with van der Waals surface area (Å²) in [6, 6.07) is 5.89. The number of hydrogen-bond acceptors (Lipinski definition) is 3. The zero-order valence-electron chi connectivity index (χ0n) is 8.29. The minimum absolute atomic E-state index is 0.0887. The first-order chi connectivity index (χ1) is 7.20. The fourth-order valence-corrected chi connectivity index (χ4v) is 1.96. The summed E-state index contributed by atoms with van der Waals surface area (Å²) in [6.45, 7) is 3.11. The molecule has 3 nitrogen and oxygen atoms in total. The van der Waals surface area contributed by atoms with E-state index in [-0.39, 0.29) is 6.10 Å². The molecule has 0 aromatic heterocycles. The van der Waals surface area contributed by atoms with Gasteiger partial charge >= 0.3 is 0 Å². The largest absolute Gasteiger partial charge is 0.484 e. The molecule has 15 heavy (non-hydrogen) atoms. The SMILES string of the molecule is Cc1cc(Br)cc(OC2COC2)c1C#N. The molecule has 1 aromatic carbocycles. The van der Waals surface area contributed by atoms with Gasteiger partial charge in [-0.15, -0.1) is 0 Å². The van der Waals surface area contributed by atoms with Gasteiger partial charge in [0.15, 0.2) is 0 Å². The predicted molar refractivity (Wildman–Crippen MR) is 58.8 cm³/mol. The maximum absolute atomic E-state index is 9.02. The van der Waals surface area contributed by atoms with Crippen LogP contribution in [0.25, 0.3) is 0 Å². The highest BCUT2D eigenvalue weighted by Gasteiger charge is 2.22. The van der Waals surface area contributed by atoms with E-state index < -0.39 is 0 Å². The molecule has 0 N–H and O–H groups in total. The summed E-state index contributed by atoms with van der Waals surface area (Å²) in [7, 11) is 0. The summed E-state index contributed by atoms with van der Waals surface area (Å²) < 4.78 is 11.6. The normalized spacial score (nSPS) is 15.5. The lowest BCUT2D eigenvalue weighted by molar-refractivity contribution is -0.0798. The first-order valence-electron chi connectivity index (χ1n) is 4.65. The van der Waals surface area contributed by atoms with Crippen LogP contribution in [0.4, 0.5) is 0 Å². The standard InChI is InChI=1S/C11H10BrNO2/c1-7-2-8(12)3-11(10(7)4-13)15-9-5-14-6-9/h2-3,9H,5-6H2,1H3. The van der Waals surface area contributed by atoms with E-state index in [1.807, 2.05) is 19.1 Å². The minimum atomic E-state index is 0.0887. The molecule has 0 saturated carbocycles. The van der Waals surface area contributed by atoms with Crippen molar-refractivity contribution in [1.82, 2.24) is 0 Å². The second-order valence-corrected chi connectivity index (χ2v) is 4.40. The lowest BCUT2D eigenvalue weighted by Crippen LogP contribution is -2.38. The van der Waals surface area contributed by atoms with Crippen LogP contribution >= 0.6 is 15.9 Å². The monoisotopic (exact) mass is 267 g/mol.